The van der Waals surface area contributed by atoms with Crippen LogP contribution in [0.2, 0.25) is 0 Å². The Hall–Kier alpha value is -0.900. The average Bonchev–Trinajstić information content (AvgIpc) is 2.33. The number of hydrogen-bond acceptors (Lipinski definition) is 3. The summed E-state index contributed by atoms with van der Waals surface area (Å²) in [5, 5.41) is 0. The molecule has 0 atom stereocenters. The normalized spacial score (nSPS) is 18.7. The fourth-order valence-electron chi connectivity index (χ4n) is 2.55. The van der Waals surface area contributed by atoms with Crippen molar-refractivity contribution in [3.63, 3.8) is 0 Å². The van der Waals surface area contributed by atoms with Gasteiger partial charge >= 0.3 is 0 Å². The van der Waals surface area contributed by atoms with Crippen LogP contribution in [0.1, 0.15) is 25.0 Å². The molecule has 0 radical (unpaired) electrons. The first-order valence-corrected chi connectivity index (χ1v) is 7.20. The van der Waals surface area contributed by atoms with Gasteiger partial charge in [-0.1, -0.05) is 24.3 Å². The van der Waals surface area contributed by atoms with Gasteiger partial charge in [0, 0.05) is 38.3 Å². The zero-order valence-corrected chi connectivity index (χ0v) is 12.5. The van der Waals surface area contributed by atoms with Gasteiger partial charge in [-0.3, -0.25) is 4.90 Å². The molecule has 106 valence electrons. The molecule has 1 heterocycles. The van der Waals surface area contributed by atoms with Crippen molar-refractivity contribution in [2.24, 2.45) is 5.73 Å². The Morgan fingerprint density at radius 1 is 1.00 bits per heavy atom. The molecule has 0 aromatic heterocycles. The van der Waals surface area contributed by atoms with E-state index in [9.17, 15) is 0 Å². The van der Waals surface area contributed by atoms with E-state index in [0.29, 0.717) is 0 Å². The van der Waals surface area contributed by atoms with Gasteiger partial charge in [0.15, 0.2) is 0 Å². The molecule has 2 rings (SSSR count). The van der Waals surface area contributed by atoms with E-state index >= 15 is 0 Å². The number of piperazine rings is 1. The van der Waals surface area contributed by atoms with Gasteiger partial charge in [0.1, 0.15) is 0 Å². The molecule has 1 fully saturated rings. The predicted octanol–water partition coefficient (Wildman–Crippen LogP) is 1.71. The maximum absolute atomic E-state index is 6.06. The van der Waals surface area contributed by atoms with Crippen molar-refractivity contribution < 1.29 is 0 Å². The number of benzene rings is 1. The van der Waals surface area contributed by atoms with Crippen LogP contribution in [-0.4, -0.2) is 48.6 Å². The van der Waals surface area contributed by atoms with Gasteiger partial charge in [0.05, 0.1) is 0 Å². The van der Waals surface area contributed by atoms with E-state index in [-0.39, 0.29) is 5.54 Å². The van der Waals surface area contributed by atoms with Gasteiger partial charge in [-0.05, 0) is 38.4 Å². The molecule has 3 nitrogen and oxygen atoms in total. The zero-order chi connectivity index (χ0) is 13.9. The van der Waals surface area contributed by atoms with Crippen molar-refractivity contribution in [2.75, 3.05) is 33.2 Å². The zero-order valence-electron chi connectivity index (χ0n) is 12.5. The van der Waals surface area contributed by atoms with E-state index in [4.69, 9.17) is 5.73 Å². The van der Waals surface area contributed by atoms with Crippen molar-refractivity contribution in [3.8, 4) is 0 Å². The van der Waals surface area contributed by atoms with Crippen LogP contribution in [0.4, 0.5) is 0 Å². The average molecular weight is 261 g/mol. The molecule has 0 spiro atoms. The van der Waals surface area contributed by atoms with Crippen molar-refractivity contribution in [1.82, 2.24) is 9.80 Å². The lowest BCUT2D eigenvalue weighted by Gasteiger charge is -2.32. The monoisotopic (exact) mass is 261 g/mol. The van der Waals surface area contributed by atoms with Crippen LogP contribution in [0.3, 0.4) is 0 Å². The summed E-state index contributed by atoms with van der Waals surface area (Å²) in [6, 6.07) is 8.94. The predicted molar refractivity (Wildman–Crippen MR) is 81.2 cm³/mol. The molecule has 1 aromatic rings. The fourth-order valence-corrected chi connectivity index (χ4v) is 2.55. The highest BCUT2D eigenvalue weighted by atomic mass is 15.2. The van der Waals surface area contributed by atoms with E-state index in [1.807, 2.05) is 0 Å². The van der Waals surface area contributed by atoms with Crippen LogP contribution < -0.4 is 5.73 Å². The SMILES string of the molecule is CN1CCN(Cc2ccc(CC(C)(C)N)cc2)CC1. The molecular weight excluding hydrogens is 234 g/mol. The molecule has 0 amide bonds. The van der Waals surface area contributed by atoms with Gasteiger partial charge in [0.2, 0.25) is 0 Å². The van der Waals surface area contributed by atoms with Crippen LogP contribution in [0.25, 0.3) is 0 Å². The quantitative estimate of drug-likeness (QED) is 0.895. The number of rotatable bonds is 4. The topological polar surface area (TPSA) is 32.5 Å². The first-order chi connectivity index (χ1) is 8.92. The summed E-state index contributed by atoms with van der Waals surface area (Å²) in [4.78, 5) is 4.92. The molecule has 0 aliphatic carbocycles. The Morgan fingerprint density at radius 2 is 1.53 bits per heavy atom. The van der Waals surface area contributed by atoms with Gasteiger partial charge < -0.3 is 10.6 Å². The minimum atomic E-state index is -0.126. The third-order valence-electron chi connectivity index (χ3n) is 3.68. The standard InChI is InChI=1S/C16H27N3/c1-16(2,17)12-14-4-6-15(7-5-14)13-19-10-8-18(3)9-11-19/h4-7H,8-13,17H2,1-3H3. The third-order valence-corrected chi connectivity index (χ3v) is 3.68. The van der Waals surface area contributed by atoms with E-state index in [1.54, 1.807) is 0 Å². The number of hydrogen-bond donors (Lipinski definition) is 1. The molecule has 19 heavy (non-hydrogen) atoms. The highest BCUT2D eigenvalue weighted by molar-refractivity contribution is 5.24. The number of likely N-dealkylation sites (N-methyl/N-ethyl adjacent to an activating group) is 1. The van der Waals surface area contributed by atoms with Crippen molar-refractivity contribution in [2.45, 2.75) is 32.4 Å². The van der Waals surface area contributed by atoms with E-state index in [1.165, 1.54) is 37.3 Å². The van der Waals surface area contributed by atoms with Crippen LogP contribution in [-0.2, 0) is 13.0 Å². The second-order valence-electron chi connectivity index (χ2n) is 6.56. The minimum absolute atomic E-state index is 0.126. The first kappa shape index (κ1) is 14.5. The molecule has 2 N–H and O–H groups in total. The maximum atomic E-state index is 6.06. The largest absolute Gasteiger partial charge is 0.325 e. The van der Waals surface area contributed by atoms with Gasteiger partial charge in [0.25, 0.3) is 0 Å². The molecule has 0 unspecified atom stereocenters. The van der Waals surface area contributed by atoms with Crippen LogP contribution >= 0.6 is 0 Å². The lowest BCUT2D eigenvalue weighted by molar-refractivity contribution is 0.148. The second kappa shape index (κ2) is 6.04. The van der Waals surface area contributed by atoms with E-state index in [2.05, 4.69) is 55.0 Å². The Bertz CT molecular complexity index is 383. The maximum Gasteiger partial charge on any atom is 0.0234 e. The van der Waals surface area contributed by atoms with E-state index < -0.39 is 0 Å². The van der Waals surface area contributed by atoms with Crippen LogP contribution in [0.5, 0.6) is 0 Å². The Morgan fingerprint density at radius 3 is 2.05 bits per heavy atom. The minimum Gasteiger partial charge on any atom is -0.325 e. The Balaban J connectivity index is 1.88. The Kier molecular flexibility index (Phi) is 4.61. The third kappa shape index (κ3) is 4.94. The summed E-state index contributed by atoms with van der Waals surface area (Å²) < 4.78 is 0. The summed E-state index contributed by atoms with van der Waals surface area (Å²) in [6.07, 6.45) is 0.932. The Labute approximate surface area is 117 Å². The molecule has 1 saturated heterocycles. The summed E-state index contributed by atoms with van der Waals surface area (Å²) in [6.45, 7) is 9.93. The summed E-state index contributed by atoms with van der Waals surface area (Å²) in [7, 11) is 2.20. The number of nitrogens with zero attached hydrogens (tertiary/aromatic N) is 2. The summed E-state index contributed by atoms with van der Waals surface area (Å²) in [5.74, 6) is 0. The van der Waals surface area contributed by atoms with Crippen molar-refractivity contribution >= 4 is 0 Å². The summed E-state index contributed by atoms with van der Waals surface area (Å²) in [5.41, 5.74) is 8.66. The first-order valence-electron chi connectivity index (χ1n) is 7.20. The molecular formula is C16H27N3. The van der Waals surface area contributed by atoms with Gasteiger partial charge in [-0.25, -0.2) is 0 Å². The molecule has 0 bridgehead atoms. The number of nitrogens with two attached hydrogens (primary N) is 1. The lowest BCUT2D eigenvalue weighted by Crippen LogP contribution is -2.43. The van der Waals surface area contributed by atoms with Crippen LogP contribution in [0.15, 0.2) is 24.3 Å². The fraction of sp³-hybridized carbons (Fsp3) is 0.625. The van der Waals surface area contributed by atoms with Gasteiger partial charge in [-0.2, -0.15) is 0 Å². The molecule has 3 heteroatoms. The highest BCUT2D eigenvalue weighted by Gasteiger charge is 2.14. The molecule has 1 aliphatic rings. The molecule has 0 saturated carbocycles. The van der Waals surface area contributed by atoms with Crippen molar-refractivity contribution in [1.29, 1.82) is 0 Å². The smallest absolute Gasteiger partial charge is 0.0234 e. The van der Waals surface area contributed by atoms with E-state index in [0.717, 1.165) is 13.0 Å². The lowest BCUT2D eigenvalue weighted by atomic mass is 9.95. The summed E-state index contributed by atoms with van der Waals surface area (Å²) >= 11 is 0. The second-order valence-corrected chi connectivity index (χ2v) is 6.56. The van der Waals surface area contributed by atoms with Crippen LogP contribution in [0, 0.1) is 0 Å². The molecule has 1 aliphatic heterocycles. The highest BCUT2D eigenvalue weighted by Crippen LogP contribution is 2.13. The molecule has 1 aromatic carbocycles. The van der Waals surface area contributed by atoms with Gasteiger partial charge in [-0.15, -0.1) is 0 Å². The van der Waals surface area contributed by atoms with Crippen molar-refractivity contribution in [3.05, 3.63) is 35.4 Å².